The molecule has 1 aromatic rings. The van der Waals surface area contributed by atoms with Gasteiger partial charge in [0.1, 0.15) is 0 Å². The van der Waals surface area contributed by atoms with Gasteiger partial charge in [0.15, 0.2) is 5.13 Å². The molecule has 1 aliphatic carbocycles. The highest BCUT2D eigenvalue weighted by molar-refractivity contribution is 7.15. The first-order chi connectivity index (χ1) is 7.65. The Labute approximate surface area is 102 Å². The van der Waals surface area contributed by atoms with Crippen LogP contribution in [-0.2, 0) is 6.54 Å². The largest absolute Gasteiger partial charge is 0.354 e. The van der Waals surface area contributed by atoms with Gasteiger partial charge in [-0.2, -0.15) is 0 Å². The number of rotatable bonds is 5. The molecule has 4 heteroatoms. The average Bonchev–Trinajstić information content (AvgIpc) is 2.65. The SMILES string of the molecule is CCC1(NCc2cnc(N(C)C)s2)CCC1. The molecule has 1 N–H and O–H groups in total. The minimum absolute atomic E-state index is 0.433. The Morgan fingerprint density at radius 1 is 1.50 bits per heavy atom. The molecule has 0 aliphatic heterocycles. The van der Waals surface area contributed by atoms with Crippen LogP contribution in [0.5, 0.6) is 0 Å². The summed E-state index contributed by atoms with van der Waals surface area (Å²) >= 11 is 1.78. The van der Waals surface area contributed by atoms with E-state index in [-0.39, 0.29) is 0 Å². The van der Waals surface area contributed by atoms with Crippen LogP contribution in [-0.4, -0.2) is 24.6 Å². The minimum Gasteiger partial charge on any atom is -0.354 e. The van der Waals surface area contributed by atoms with Crippen molar-refractivity contribution in [3.05, 3.63) is 11.1 Å². The summed E-state index contributed by atoms with van der Waals surface area (Å²) in [6, 6.07) is 0. The third kappa shape index (κ3) is 2.38. The highest BCUT2D eigenvalue weighted by Gasteiger charge is 2.34. The van der Waals surface area contributed by atoms with Crippen molar-refractivity contribution in [1.29, 1.82) is 0 Å². The fourth-order valence-electron chi connectivity index (χ4n) is 2.12. The van der Waals surface area contributed by atoms with Crippen molar-refractivity contribution in [3.63, 3.8) is 0 Å². The van der Waals surface area contributed by atoms with Gasteiger partial charge in [0.25, 0.3) is 0 Å². The van der Waals surface area contributed by atoms with Gasteiger partial charge < -0.3 is 10.2 Å². The standard InChI is InChI=1S/C12H21N3S/c1-4-12(6-5-7-12)14-9-10-8-13-11(16-10)15(2)3/h8,14H,4-7,9H2,1-3H3. The Kier molecular flexibility index (Phi) is 3.50. The van der Waals surface area contributed by atoms with Crippen molar-refractivity contribution in [2.45, 2.75) is 44.7 Å². The Morgan fingerprint density at radius 3 is 2.69 bits per heavy atom. The van der Waals surface area contributed by atoms with Crippen LogP contribution in [0.2, 0.25) is 0 Å². The van der Waals surface area contributed by atoms with Crippen molar-refractivity contribution < 1.29 is 0 Å². The van der Waals surface area contributed by atoms with Crippen LogP contribution in [0.15, 0.2) is 6.20 Å². The summed E-state index contributed by atoms with van der Waals surface area (Å²) in [5, 5.41) is 4.80. The van der Waals surface area contributed by atoms with Crippen LogP contribution < -0.4 is 10.2 Å². The van der Waals surface area contributed by atoms with Crippen molar-refractivity contribution in [1.82, 2.24) is 10.3 Å². The zero-order valence-corrected chi connectivity index (χ0v) is 11.2. The van der Waals surface area contributed by atoms with Crippen LogP contribution in [0.1, 0.15) is 37.5 Å². The number of nitrogens with zero attached hydrogens (tertiary/aromatic N) is 2. The molecule has 3 nitrogen and oxygen atoms in total. The maximum atomic E-state index is 4.39. The van der Waals surface area contributed by atoms with Crippen molar-refractivity contribution in [3.8, 4) is 0 Å². The molecule has 1 fully saturated rings. The lowest BCUT2D eigenvalue weighted by molar-refractivity contribution is 0.176. The molecule has 0 saturated heterocycles. The number of thiazole rings is 1. The number of hydrogen-bond acceptors (Lipinski definition) is 4. The third-order valence-corrected chi connectivity index (χ3v) is 4.71. The molecule has 2 rings (SSSR count). The molecule has 1 heterocycles. The van der Waals surface area contributed by atoms with E-state index < -0.39 is 0 Å². The summed E-state index contributed by atoms with van der Waals surface area (Å²) < 4.78 is 0. The lowest BCUT2D eigenvalue weighted by atomic mass is 9.75. The molecule has 0 radical (unpaired) electrons. The summed E-state index contributed by atoms with van der Waals surface area (Å²) in [5.41, 5.74) is 0.433. The number of anilines is 1. The van der Waals surface area contributed by atoms with E-state index in [2.05, 4.69) is 22.1 Å². The van der Waals surface area contributed by atoms with Crippen LogP contribution in [0.4, 0.5) is 5.13 Å². The smallest absolute Gasteiger partial charge is 0.185 e. The molecule has 0 aromatic carbocycles. The first-order valence-electron chi connectivity index (χ1n) is 6.02. The minimum atomic E-state index is 0.433. The molecule has 0 spiro atoms. The Balaban J connectivity index is 1.89. The molecular weight excluding hydrogens is 218 g/mol. The Morgan fingerprint density at radius 2 is 2.25 bits per heavy atom. The topological polar surface area (TPSA) is 28.2 Å². The molecule has 0 atom stereocenters. The van der Waals surface area contributed by atoms with Crippen LogP contribution in [0, 0.1) is 0 Å². The number of aromatic nitrogens is 1. The molecule has 16 heavy (non-hydrogen) atoms. The normalized spacial score (nSPS) is 18.2. The van der Waals surface area contributed by atoms with Gasteiger partial charge in [-0.1, -0.05) is 6.92 Å². The Hall–Kier alpha value is -0.610. The van der Waals surface area contributed by atoms with Gasteiger partial charge in [-0.3, -0.25) is 0 Å². The van der Waals surface area contributed by atoms with E-state index in [0.29, 0.717) is 5.54 Å². The summed E-state index contributed by atoms with van der Waals surface area (Å²) in [6.07, 6.45) is 7.29. The quantitative estimate of drug-likeness (QED) is 0.856. The lowest BCUT2D eigenvalue weighted by Crippen LogP contribution is -2.49. The molecule has 1 aromatic heterocycles. The van der Waals surface area contributed by atoms with Crippen molar-refractivity contribution in [2.75, 3.05) is 19.0 Å². The van der Waals surface area contributed by atoms with Crippen LogP contribution >= 0.6 is 11.3 Å². The third-order valence-electron chi connectivity index (χ3n) is 3.55. The Bertz CT molecular complexity index is 336. The van der Waals surface area contributed by atoms with E-state index in [1.54, 1.807) is 11.3 Å². The van der Waals surface area contributed by atoms with E-state index in [4.69, 9.17) is 0 Å². The maximum Gasteiger partial charge on any atom is 0.185 e. The van der Waals surface area contributed by atoms with E-state index in [0.717, 1.165) is 11.7 Å². The van der Waals surface area contributed by atoms with Crippen molar-refractivity contribution in [2.24, 2.45) is 0 Å². The monoisotopic (exact) mass is 239 g/mol. The van der Waals surface area contributed by atoms with Gasteiger partial charge in [0, 0.05) is 37.3 Å². The summed E-state index contributed by atoms with van der Waals surface area (Å²) in [6.45, 7) is 3.25. The van der Waals surface area contributed by atoms with E-state index >= 15 is 0 Å². The second-order valence-electron chi connectivity index (χ2n) is 4.84. The van der Waals surface area contributed by atoms with E-state index in [1.807, 2.05) is 20.3 Å². The first kappa shape index (κ1) is 11.9. The summed E-state index contributed by atoms with van der Waals surface area (Å²) in [5.74, 6) is 0. The average molecular weight is 239 g/mol. The molecule has 0 bridgehead atoms. The fourth-order valence-corrected chi connectivity index (χ4v) is 2.89. The van der Waals surface area contributed by atoms with E-state index in [1.165, 1.54) is 30.6 Å². The van der Waals surface area contributed by atoms with Gasteiger partial charge >= 0.3 is 0 Å². The predicted molar refractivity (Wildman–Crippen MR) is 70.2 cm³/mol. The van der Waals surface area contributed by atoms with Gasteiger partial charge in [0.2, 0.25) is 0 Å². The first-order valence-corrected chi connectivity index (χ1v) is 6.84. The fraction of sp³-hybridized carbons (Fsp3) is 0.750. The molecule has 0 unspecified atom stereocenters. The lowest BCUT2D eigenvalue weighted by Gasteiger charge is -2.42. The maximum absolute atomic E-state index is 4.39. The molecule has 90 valence electrons. The zero-order valence-electron chi connectivity index (χ0n) is 10.4. The van der Waals surface area contributed by atoms with Gasteiger partial charge in [0.05, 0.1) is 0 Å². The number of nitrogens with one attached hydrogen (secondary N) is 1. The second kappa shape index (κ2) is 4.72. The van der Waals surface area contributed by atoms with E-state index in [9.17, 15) is 0 Å². The predicted octanol–water partition coefficient (Wildman–Crippen LogP) is 2.63. The molecule has 0 amide bonds. The van der Waals surface area contributed by atoms with Gasteiger partial charge in [-0.25, -0.2) is 4.98 Å². The number of hydrogen-bond donors (Lipinski definition) is 1. The highest BCUT2D eigenvalue weighted by Crippen LogP contribution is 2.35. The molecular formula is C12H21N3S. The summed E-state index contributed by atoms with van der Waals surface area (Å²) in [4.78, 5) is 7.79. The summed E-state index contributed by atoms with van der Waals surface area (Å²) in [7, 11) is 4.07. The molecule has 1 aliphatic rings. The van der Waals surface area contributed by atoms with Crippen molar-refractivity contribution >= 4 is 16.5 Å². The second-order valence-corrected chi connectivity index (χ2v) is 5.94. The zero-order chi connectivity index (χ0) is 11.6. The molecule has 1 saturated carbocycles. The van der Waals surface area contributed by atoms with Gasteiger partial charge in [-0.15, -0.1) is 11.3 Å². The highest BCUT2D eigenvalue weighted by atomic mass is 32.1. The van der Waals surface area contributed by atoms with Crippen LogP contribution in [0.25, 0.3) is 0 Å². The van der Waals surface area contributed by atoms with Gasteiger partial charge in [-0.05, 0) is 25.7 Å². The van der Waals surface area contributed by atoms with Crippen LogP contribution in [0.3, 0.4) is 0 Å².